The van der Waals surface area contributed by atoms with Gasteiger partial charge in [-0.1, -0.05) is 29.4 Å². The van der Waals surface area contributed by atoms with E-state index in [0.29, 0.717) is 24.0 Å². The first-order valence-corrected chi connectivity index (χ1v) is 11.7. The molecular formula is C23H22ClN3O3S. The number of likely N-dealkylation sites (tertiary alicyclic amines) is 1. The lowest BCUT2D eigenvalue weighted by Crippen LogP contribution is -2.32. The highest BCUT2D eigenvalue weighted by atomic mass is 35.5. The van der Waals surface area contributed by atoms with E-state index in [0.717, 1.165) is 47.3 Å². The molecule has 0 saturated carbocycles. The fourth-order valence-corrected chi connectivity index (χ4v) is 5.07. The predicted molar refractivity (Wildman–Crippen MR) is 120 cm³/mol. The van der Waals surface area contributed by atoms with Crippen LogP contribution in [0.1, 0.15) is 24.4 Å². The number of amides is 1. The van der Waals surface area contributed by atoms with Crippen LogP contribution in [-0.4, -0.2) is 45.9 Å². The fraction of sp³-hybridized carbons (Fsp3) is 0.304. The van der Waals surface area contributed by atoms with Crippen LogP contribution in [0.5, 0.6) is 11.5 Å². The standard InChI is InChI=1S/C23H22ClN3O3S/c24-17-4-6-18(7-5-17)26-11-9-25-23(26)31-15-22(28)27-10-1-2-19(27)16-3-8-20-21(14-16)30-13-12-29-20/h3-9,11,14,19H,1-2,10,12-13,15H2. The van der Waals surface area contributed by atoms with E-state index in [-0.39, 0.29) is 11.9 Å². The molecule has 1 aromatic heterocycles. The van der Waals surface area contributed by atoms with E-state index in [2.05, 4.69) is 4.98 Å². The summed E-state index contributed by atoms with van der Waals surface area (Å²) >= 11 is 7.45. The zero-order chi connectivity index (χ0) is 21.2. The van der Waals surface area contributed by atoms with Gasteiger partial charge in [-0.05, 0) is 54.8 Å². The lowest BCUT2D eigenvalue weighted by atomic mass is 10.0. The minimum absolute atomic E-state index is 0.0694. The largest absolute Gasteiger partial charge is 0.486 e. The smallest absolute Gasteiger partial charge is 0.233 e. The molecule has 6 nitrogen and oxygen atoms in total. The van der Waals surface area contributed by atoms with Crippen LogP contribution in [0.4, 0.5) is 0 Å². The molecule has 160 valence electrons. The van der Waals surface area contributed by atoms with Crippen molar-refractivity contribution < 1.29 is 14.3 Å². The normalized spacial score (nSPS) is 17.7. The SMILES string of the molecule is O=C(CSc1nccn1-c1ccc(Cl)cc1)N1CCCC1c1ccc2c(c1)OCCO2. The fourth-order valence-electron chi connectivity index (χ4n) is 4.08. The van der Waals surface area contributed by atoms with Gasteiger partial charge in [0.1, 0.15) is 13.2 Å². The Morgan fingerprint density at radius 1 is 1.13 bits per heavy atom. The van der Waals surface area contributed by atoms with Crippen LogP contribution in [0.25, 0.3) is 5.69 Å². The van der Waals surface area contributed by atoms with Gasteiger partial charge < -0.3 is 14.4 Å². The number of rotatable bonds is 5. The summed E-state index contributed by atoms with van der Waals surface area (Å²) in [5.74, 6) is 2.00. The number of hydrogen-bond donors (Lipinski definition) is 0. The maximum Gasteiger partial charge on any atom is 0.233 e. The molecule has 1 fully saturated rings. The average Bonchev–Trinajstić information content (AvgIpc) is 3.47. The minimum atomic E-state index is 0.0694. The third-order valence-corrected chi connectivity index (χ3v) is 6.76. The van der Waals surface area contributed by atoms with Crippen molar-refractivity contribution in [3.05, 3.63) is 65.4 Å². The summed E-state index contributed by atoms with van der Waals surface area (Å²) in [6.07, 6.45) is 5.59. The van der Waals surface area contributed by atoms with Gasteiger partial charge in [-0.15, -0.1) is 0 Å². The van der Waals surface area contributed by atoms with Gasteiger partial charge in [-0.25, -0.2) is 4.98 Å². The zero-order valence-electron chi connectivity index (χ0n) is 16.9. The molecule has 0 N–H and O–H groups in total. The van der Waals surface area contributed by atoms with Crippen LogP contribution in [0, 0.1) is 0 Å². The summed E-state index contributed by atoms with van der Waals surface area (Å²) in [6, 6.07) is 13.7. The average molecular weight is 456 g/mol. The lowest BCUT2D eigenvalue weighted by Gasteiger charge is -2.26. The second-order valence-corrected chi connectivity index (χ2v) is 8.87. The Morgan fingerprint density at radius 2 is 1.94 bits per heavy atom. The number of nitrogens with zero attached hydrogens (tertiary/aromatic N) is 3. The molecule has 2 aliphatic rings. The Labute approximate surface area is 190 Å². The first-order valence-electron chi connectivity index (χ1n) is 10.3. The van der Waals surface area contributed by atoms with E-state index < -0.39 is 0 Å². The summed E-state index contributed by atoms with van der Waals surface area (Å²) in [4.78, 5) is 19.5. The van der Waals surface area contributed by atoms with Crippen LogP contribution in [0.15, 0.2) is 60.0 Å². The summed E-state index contributed by atoms with van der Waals surface area (Å²) in [7, 11) is 0. The highest BCUT2D eigenvalue weighted by molar-refractivity contribution is 7.99. The molecule has 0 aliphatic carbocycles. The summed E-state index contributed by atoms with van der Waals surface area (Å²) in [5.41, 5.74) is 2.06. The molecule has 1 atom stereocenters. The van der Waals surface area contributed by atoms with E-state index in [1.165, 1.54) is 11.8 Å². The van der Waals surface area contributed by atoms with Gasteiger partial charge in [-0.2, -0.15) is 0 Å². The third-order valence-electron chi connectivity index (χ3n) is 5.56. The second-order valence-electron chi connectivity index (χ2n) is 7.49. The maximum absolute atomic E-state index is 13.1. The zero-order valence-corrected chi connectivity index (χ0v) is 18.4. The number of benzene rings is 2. The Balaban J connectivity index is 1.28. The van der Waals surface area contributed by atoms with Gasteiger partial charge in [0, 0.05) is 29.6 Å². The number of ether oxygens (including phenoxy) is 2. The number of imidazole rings is 1. The Morgan fingerprint density at radius 3 is 2.77 bits per heavy atom. The van der Waals surface area contributed by atoms with Crippen molar-refractivity contribution >= 4 is 29.3 Å². The molecule has 0 spiro atoms. The summed E-state index contributed by atoms with van der Waals surface area (Å²) in [6.45, 7) is 1.90. The van der Waals surface area contributed by atoms with Gasteiger partial charge in [0.05, 0.1) is 11.8 Å². The van der Waals surface area contributed by atoms with Gasteiger partial charge in [0.15, 0.2) is 16.7 Å². The molecule has 31 heavy (non-hydrogen) atoms. The van der Waals surface area contributed by atoms with Gasteiger partial charge in [0.2, 0.25) is 5.91 Å². The molecule has 0 radical (unpaired) electrons. The number of carbonyl (C=O) groups excluding carboxylic acids is 1. The first-order chi connectivity index (χ1) is 15.2. The van der Waals surface area contributed by atoms with Gasteiger partial charge in [0.25, 0.3) is 0 Å². The van der Waals surface area contributed by atoms with Crippen molar-refractivity contribution in [1.29, 1.82) is 0 Å². The highest BCUT2D eigenvalue weighted by Crippen LogP contribution is 2.38. The molecular weight excluding hydrogens is 434 g/mol. The molecule has 2 aromatic carbocycles. The van der Waals surface area contributed by atoms with Crippen LogP contribution in [0.3, 0.4) is 0 Å². The Bertz CT molecular complexity index is 1090. The van der Waals surface area contributed by atoms with E-state index >= 15 is 0 Å². The summed E-state index contributed by atoms with van der Waals surface area (Å²) in [5, 5.41) is 1.47. The van der Waals surface area contributed by atoms with E-state index in [1.54, 1.807) is 6.20 Å². The van der Waals surface area contributed by atoms with E-state index in [9.17, 15) is 4.79 Å². The lowest BCUT2D eigenvalue weighted by molar-refractivity contribution is -0.129. The van der Waals surface area contributed by atoms with Crippen molar-refractivity contribution in [2.75, 3.05) is 25.5 Å². The molecule has 3 heterocycles. The molecule has 0 bridgehead atoms. The molecule has 5 rings (SSSR count). The van der Waals surface area contributed by atoms with Crippen LogP contribution >= 0.6 is 23.4 Å². The minimum Gasteiger partial charge on any atom is -0.486 e. The summed E-state index contributed by atoms with van der Waals surface area (Å²) < 4.78 is 13.3. The second kappa shape index (κ2) is 8.85. The Kier molecular flexibility index (Phi) is 5.78. The molecule has 3 aromatic rings. The van der Waals surface area contributed by atoms with Crippen molar-refractivity contribution in [3.8, 4) is 17.2 Å². The van der Waals surface area contributed by atoms with E-state index in [4.69, 9.17) is 21.1 Å². The van der Waals surface area contributed by atoms with Crippen LogP contribution in [0.2, 0.25) is 5.02 Å². The van der Waals surface area contributed by atoms with Crippen molar-refractivity contribution in [2.45, 2.75) is 24.0 Å². The van der Waals surface area contributed by atoms with E-state index in [1.807, 2.05) is 58.1 Å². The third kappa shape index (κ3) is 4.25. The van der Waals surface area contributed by atoms with Gasteiger partial charge in [-0.3, -0.25) is 9.36 Å². The van der Waals surface area contributed by atoms with Gasteiger partial charge >= 0.3 is 0 Å². The van der Waals surface area contributed by atoms with Crippen molar-refractivity contribution in [3.63, 3.8) is 0 Å². The number of aromatic nitrogens is 2. The monoisotopic (exact) mass is 455 g/mol. The molecule has 2 aliphatic heterocycles. The maximum atomic E-state index is 13.1. The quantitative estimate of drug-likeness (QED) is 0.519. The van der Waals surface area contributed by atoms with Crippen molar-refractivity contribution in [2.24, 2.45) is 0 Å². The number of hydrogen-bond acceptors (Lipinski definition) is 5. The predicted octanol–water partition coefficient (Wildman–Crippen LogP) is 4.75. The Hall–Kier alpha value is -2.64. The number of fused-ring (bicyclic) bond motifs is 1. The molecule has 8 heteroatoms. The number of halogens is 1. The number of thioether (sulfide) groups is 1. The molecule has 1 unspecified atom stereocenters. The highest BCUT2D eigenvalue weighted by Gasteiger charge is 2.31. The number of carbonyl (C=O) groups is 1. The van der Waals surface area contributed by atoms with Crippen LogP contribution in [-0.2, 0) is 4.79 Å². The molecule has 1 amide bonds. The first kappa shape index (κ1) is 20.3. The van der Waals surface area contributed by atoms with Crippen LogP contribution < -0.4 is 9.47 Å². The van der Waals surface area contributed by atoms with Crippen molar-refractivity contribution in [1.82, 2.24) is 14.5 Å². The molecule has 1 saturated heterocycles. The topological polar surface area (TPSA) is 56.6 Å².